The summed E-state index contributed by atoms with van der Waals surface area (Å²) in [5.41, 5.74) is 5.71. The number of hydrogen-bond donors (Lipinski definition) is 2. The number of halogens is 2. The van der Waals surface area contributed by atoms with Gasteiger partial charge in [0.2, 0.25) is 0 Å². The minimum absolute atomic E-state index is 0.0934. The molecule has 0 bridgehead atoms. The molecule has 0 saturated carbocycles. The van der Waals surface area contributed by atoms with E-state index in [4.69, 9.17) is 10.5 Å². The lowest BCUT2D eigenvalue weighted by atomic mass is 10.2. The van der Waals surface area contributed by atoms with E-state index in [1.165, 1.54) is 18.5 Å². The number of fused-ring (bicyclic) bond motifs is 1. The first kappa shape index (κ1) is 11.3. The van der Waals surface area contributed by atoms with E-state index in [1.807, 2.05) is 0 Å². The second-order valence-electron chi connectivity index (χ2n) is 3.34. The molecule has 3 N–H and O–H groups in total. The van der Waals surface area contributed by atoms with E-state index in [0.29, 0.717) is 5.52 Å². The number of H-pyrrole nitrogens is 1. The first-order valence-corrected chi connectivity index (χ1v) is 4.76. The number of rotatable bonds is 3. The topological polar surface area (TPSA) is 81.0 Å². The number of anilines is 1. The SMILES string of the molecule is Nc1cc2c(=O)[nH]cnc2cc1OCC(F)F. The van der Waals surface area contributed by atoms with Crippen LogP contribution in [-0.2, 0) is 0 Å². The number of aromatic amines is 1. The van der Waals surface area contributed by atoms with Gasteiger partial charge in [-0.3, -0.25) is 4.79 Å². The Kier molecular flexibility index (Phi) is 2.90. The Bertz CT molecular complexity index is 598. The van der Waals surface area contributed by atoms with Crippen molar-refractivity contribution in [2.75, 3.05) is 12.3 Å². The zero-order chi connectivity index (χ0) is 12.4. The largest absolute Gasteiger partial charge is 0.485 e. The van der Waals surface area contributed by atoms with Crippen LogP contribution in [0.5, 0.6) is 5.75 Å². The van der Waals surface area contributed by atoms with Gasteiger partial charge in [0.25, 0.3) is 12.0 Å². The molecule has 2 aromatic rings. The van der Waals surface area contributed by atoms with Gasteiger partial charge in [0.1, 0.15) is 12.4 Å². The summed E-state index contributed by atoms with van der Waals surface area (Å²) in [4.78, 5) is 17.7. The van der Waals surface area contributed by atoms with Crippen molar-refractivity contribution in [3.8, 4) is 5.75 Å². The van der Waals surface area contributed by atoms with Crippen molar-refractivity contribution in [3.05, 3.63) is 28.8 Å². The van der Waals surface area contributed by atoms with Crippen LogP contribution >= 0.6 is 0 Å². The van der Waals surface area contributed by atoms with E-state index in [9.17, 15) is 13.6 Å². The second kappa shape index (κ2) is 4.36. The maximum atomic E-state index is 12.0. The number of nitrogens with two attached hydrogens (primary N) is 1. The van der Waals surface area contributed by atoms with Crippen LogP contribution in [0.3, 0.4) is 0 Å². The average molecular weight is 241 g/mol. The van der Waals surface area contributed by atoms with E-state index in [-0.39, 0.29) is 22.4 Å². The molecule has 1 aromatic carbocycles. The first-order valence-electron chi connectivity index (χ1n) is 4.76. The van der Waals surface area contributed by atoms with Gasteiger partial charge in [-0.15, -0.1) is 0 Å². The minimum atomic E-state index is -2.59. The van der Waals surface area contributed by atoms with Crippen LogP contribution in [0, 0.1) is 0 Å². The van der Waals surface area contributed by atoms with Crippen molar-refractivity contribution in [1.82, 2.24) is 9.97 Å². The zero-order valence-corrected chi connectivity index (χ0v) is 8.61. The van der Waals surface area contributed by atoms with Crippen molar-refractivity contribution in [2.45, 2.75) is 6.43 Å². The fraction of sp³-hybridized carbons (Fsp3) is 0.200. The number of alkyl halides is 2. The molecule has 5 nitrogen and oxygen atoms in total. The number of hydrogen-bond acceptors (Lipinski definition) is 4. The Hall–Kier alpha value is -2.18. The Morgan fingerprint density at radius 2 is 2.24 bits per heavy atom. The lowest BCUT2D eigenvalue weighted by Gasteiger charge is -2.08. The molecule has 0 radical (unpaired) electrons. The van der Waals surface area contributed by atoms with Crippen LogP contribution in [0.2, 0.25) is 0 Å². The van der Waals surface area contributed by atoms with Gasteiger partial charge in [0.05, 0.1) is 22.9 Å². The first-order chi connectivity index (χ1) is 8.08. The summed E-state index contributed by atoms with van der Waals surface area (Å²) in [5, 5.41) is 0.286. The summed E-state index contributed by atoms with van der Waals surface area (Å²) in [5.74, 6) is 0.0934. The number of nitrogen functional groups attached to an aromatic ring is 1. The maximum absolute atomic E-state index is 12.0. The Morgan fingerprint density at radius 1 is 1.47 bits per heavy atom. The van der Waals surface area contributed by atoms with Gasteiger partial charge in [0.15, 0.2) is 0 Å². The van der Waals surface area contributed by atoms with Crippen LogP contribution in [0.25, 0.3) is 10.9 Å². The molecular formula is C10H9F2N3O2. The highest BCUT2D eigenvalue weighted by molar-refractivity contribution is 5.84. The van der Waals surface area contributed by atoms with E-state index in [2.05, 4.69) is 9.97 Å². The molecule has 0 fully saturated rings. The lowest BCUT2D eigenvalue weighted by molar-refractivity contribution is 0.0823. The normalized spacial score (nSPS) is 11.0. The molecule has 17 heavy (non-hydrogen) atoms. The predicted octanol–water partition coefficient (Wildman–Crippen LogP) is 1.15. The molecule has 0 atom stereocenters. The molecule has 0 aliphatic carbocycles. The smallest absolute Gasteiger partial charge is 0.272 e. The van der Waals surface area contributed by atoms with Crippen LogP contribution < -0.4 is 16.0 Å². The van der Waals surface area contributed by atoms with E-state index >= 15 is 0 Å². The highest BCUT2D eigenvalue weighted by Gasteiger charge is 2.09. The molecule has 1 aromatic heterocycles. The summed E-state index contributed by atoms with van der Waals surface area (Å²) in [6.45, 7) is -0.751. The molecule has 7 heteroatoms. The van der Waals surface area contributed by atoms with E-state index in [0.717, 1.165) is 0 Å². The second-order valence-corrected chi connectivity index (χ2v) is 3.34. The Labute approximate surface area is 94.2 Å². The maximum Gasteiger partial charge on any atom is 0.272 e. The van der Waals surface area contributed by atoms with Gasteiger partial charge < -0.3 is 15.5 Å². The molecule has 2 rings (SSSR count). The molecule has 0 aliphatic heterocycles. The summed E-state index contributed by atoms with van der Waals surface area (Å²) in [7, 11) is 0. The number of nitrogens with one attached hydrogen (secondary N) is 1. The van der Waals surface area contributed by atoms with Gasteiger partial charge in [-0.2, -0.15) is 0 Å². The van der Waals surface area contributed by atoms with E-state index in [1.54, 1.807) is 0 Å². The third kappa shape index (κ3) is 2.32. The summed E-state index contributed by atoms with van der Waals surface area (Å²) in [6, 6.07) is 2.71. The fourth-order valence-electron chi connectivity index (χ4n) is 1.39. The van der Waals surface area contributed by atoms with Crippen LogP contribution in [-0.4, -0.2) is 23.0 Å². The summed E-state index contributed by atoms with van der Waals surface area (Å²) in [6.07, 6.45) is -1.37. The number of aromatic nitrogens is 2. The molecule has 0 aliphatic rings. The van der Waals surface area contributed by atoms with Crippen molar-refractivity contribution >= 4 is 16.6 Å². The number of nitrogens with zero attached hydrogens (tertiary/aromatic N) is 1. The minimum Gasteiger partial charge on any atom is -0.485 e. The third-order valence-corrected chi connectivity index (χ3v) is 2.14. The monoisotopic (exact) mass is 241 g/mol. The molecule has 0 amide bonds. The van der Waals surface area contributed by atoms with Crippen LogP contribution in [0.4, 0.5) is 14.5 Å². The van der Waals surface area contributed by atoms with Gasteiger partial charge in [0, 0.05) is 6.07 Å². The van der Waals surface area contributed by atoms with Crippen molar-refractivity contribution in [2.24, 2.45) is 0 Å². The summed E-state index contributed by atoms with van der Waals surface area (Å²) >= 11 is 0. The molecule has 0 unspecified atom stereocenters. The average Bonchev–Trinajstić information content (AvgIpc) is 2.28. The highest BCUT2D eigenvalue weighted by atomic mass is 19.3. The quantitative estimate of drug-likeness (QED) is 0.790. The molecule has 1 heterocycles. The van der Waals surface area contributed by atoms with E-state index < -0.39 is 13.0 Å². The van der Waals surface area contributed by atoms with Crippen LogP contribution in [0.15, 0.2) is 23.3 Å². The molecule has 0 saturated heterocycles. The number of ether oxygens (including phenoxy) is 1. The standard InChI is InChI=1S/C10H9F2N3O2/c11-9(12)3-17-8-2-7-5(1-6(8)13)10(16)15-4-14-7/h1-2,4,9H,3,13H2,(H,14,15,16). The Balaban J connectivity index is 2.45. The highest BCUT2D eigenvalue weighted by Crippen LogP contribution is 2.25. The fourth-order valence-corrected chi connectivity index (χ4v) is 1.39. The van der Waals surface area contributed by atoms with Crippen molar-refractivity contribution in [1.29, 1.82) is 0 Å². The summed E-state index contributed by atoms with van der Waals surface area (Å²) < 4.78 is 28.8. The van der Waals surface area contributed by atoms with Crippen molar-refractivity contribution < 1.29 is 13.5 Å². The third-order valence-electron chi connectivity index (χ3n) is 2.14. The Morgan fingerprint density at radius 3 is 2.94 bits per heavy atom. The van der Waals surface area contributed by atoms with Crippen molar-refractivity contribution in [3.63, 3.8) is 0 Å². The number of benzene rings is 1. The van der Waals surface area contributed by atoms with Crippen LogP contribution in [0.1, 0.15) is 0 Å². The molecule has 90 valence electrons. The molecular weight excluding hydrogens is 232 g/mol. The zero-order valence-electron chi connectivity index (χ0n) is 8.61. The van der Waals surface area contributed by atoms with Gasteiger partial charge >= 0.3 is 0 Å². The van der Waals surface area contributed by atoms with Gasteiger partial charge in [-0.1, -0.05) is 0 Å². The molecule has 0 spiro atoms. The predicted molar refractivity (Wildman–Crippen MR) is 58.3 cm³/mol. The lowest BCUT2D eigenvalue weighted by Crippen LogP contribution is -2.10. The van der Waals surface area contributed by atoms with Gasteiger partial charge in [-0.25, -0.2) is 13.8 Å². The van der Waals surface area contributed by atoms with Gasteiger partial charge in [-0.05, 0) is 6.07 Å².